The molecule has 4 aromatic heterocycles. The minimum absolute atomic E-state index is 0.104. The van der Waals surface area contributed by atoms with Crippen molar-refractivity contribution in [3.8, 4) is 20.9 Å². The highest BCUT2D eigenvalue weighted by molar-refractivity contribution is 8.02. The summed E-state index contributed by atoms with van der Waals surface area (Å²) in [7, 11) is 0. The van der Waals surface area contributed by atoms with Gasteiger partial charge in [-0.1, -0.05) is 53.4 Å². The van der Waals surface area contributed by atoms with Gasteiger partial charge >= 0.3 is 0 Å². The maximum absolute atomic E-state index is 15.3. The Morgan fingerprint density at radius 3 is 1.48 bits per heavy atom. The first-order valence-corrected chi connectivity index (χ1v) is 19.5. The summed E-state index contributed by atoms with van der Waals surface area (Å²) >= 11 is 10.00. The number of unbranched alkanes of at least 4 members (excludes halogenated alkanes) is 2. The van der Waals surface area contributed by atoms with Crippen LogP contribution in [-0.2, 0) is 0 Å². The summed E-state index contributed by atoms with van der Waals surface area (Å²) < 4.78 is 34.6. The van der Waals surface area contributed by atoms with Gasteiger partial charge in [-0.2, -0.15) is 0 Å². The number of hydrogen-bond acceptors (Lipinski definition) is 6. The van der Waals surface area contributed by atoms with Gasteiger partial charge in [0, 0.05) is 51.6 Å². The average molecular weight is 651 g/mol. The van der Waals surface area contributed by atoms with Gasteiger partial charge in [0.2, 0.25) is 0 Å². The largest absolute Gasteiger partial charge is 0.205 e. The molecular formula is C32H36F2S6. The first kappa shape index (κ1) is 30.6. The van der Waals surface area contributed by atoms with Crippen molar-refractivity contribution in [2.24, 2.45) is 0 Å². The van der Waals surface area contributed by atoms with E-state index in [0.29, 0.717) is 10.5 Å². The van der Waals surface area contributed by atoms with Gasteiger partial charge < -0.3 is 0 Å². The Kier molecular flexibility index (Phi) is 10.7. The Morgan fingerprint density at radius 1 is 0.675 bits per heavy atom. The molecule has 0 amide bonds. The fourth-order valence-corrected chi connectivity index (χ4v) is 12.4. The number of hydrogen-bond donors (Lipinski definition) is 0. The van der Waals surface area contributed by atoms with Crippen molar-refractivity contribution < 1.29 is 8.78 Å². The molecule has 0 bridgehead atoms. The summed E-state index contributed by atoms with van der Waals surface area (Å²) in [5.41, 5.74) is 2.25. The highest BCUT2D eigenvalue weighted by atomic mass is 32.2. The fraction of sp³-hybridized carbons (Fsp3) is 0.438. The van der Waals surface area contributed by atoms with Crippen molar-refractivity contribution in [1.82, 2.24) is 0 Å². The SMILES string of the molecule is CCCCC(CC)Sc1sc(-c2c3ccsc3c(-c3cc(F)c(SC(CC)CCCC)s3)c3ccsc23)cc1F. The molecule has 1 aromatic carbocycles. The molecule has 0 aliphatic carbocycles. The monoisotopic (exact) mass is 650 g/mol. The Hall–Kier alpha value is -0.900. The second-order valence-corrected chi connectivity index (χ2v) is 17.2. The quantitative estimate of drug-likeness (QED) is 0.110. The van der Waals surface area contributed by atoms with Crippen LogP contribution in [0.3, 0.4) is 0 Å². The highest BCUT2D eigenvalue weighted by Crippen LogP contribution is 2.52. The van der Waals surface area contributed by atoms with Crippen molar-refractivity contribution in [3.05, 3.63) is 46.7 Å². The van der Waals surface area contributed by atoms with E-state index in [2.05, 4.69) is 50.6 Å². The molecule has 5 rings (SSSR count). The van der Waals surface area contributed by atoms with Gasteiger partial charge in [-0.3, -0.25) is 0 Å². The molecule has 40 heavy (non-hydrogen) atoms. The molecular weight excluding hydrogens is 615 g/mol. The minimum atomic E-state index is -0.104. The number of fused-ring (bicyclic) bond motifs is 2. The molecule has 0 saturated carbocycles. The number of halogens is 2. The molecule has 0 aliphatic heterocycles. The third-order valence-electron chi connectivity index (χ3n) is 7.34. The van der Waals surface area contributed by atoms with E-state index < -0.39 is 0 Å². The molecule has 0 fully saturated rings. The molecule has 0 saturated heterocycles. The van der Waals surface area contributed by atoms with Gasteiger partial charge in [-0.25, -0.2) is 8.78 Å². The van der Waals surface area contributed by atoms with Crippen LogP contribution in [0.1, 0.15) is 79.1 Å². The van der Waals surface area contributed by atoms with E-state index in [-0.39, 0.29) is 11.6 Å². The zero-order valence-electron chi connectivity index (χ0n) is 23.5. The number of benzene rings is 1. The average Bonchev–Trinajstić information content (AvgIpc) is 3.75. The first-order chi connectivity index (χ1) is 19.5. The summed E-state index contributed by atoms with van der Waals surface area (Å²) in [6.07, 6.45) is 9.03. The van der Waals surface area contributed by atoms with E-state index in [1.54, 1.807) is 81.0 Å². The van der Waals surface area contributed by atoms with Gasteiger partial charge in [0.1, 0.15) is 11.6 Å². The number of thioether (sulfide) groups is 2. The van der Waals surface area contributed by atoms with Crippen LogP contribution in [0, 0.1) is 11.6 Å². The smallest absolute Gasteiger partial charge is 0.148 e. The fourth-order valence-electron chi connectivity index (χ4n) is 5.10. The molecule has 8 heteroatoms. The van der Waals surface area contributed by atoms with Gasteiger partial charge in [0.15, 0.2) is 0 Å². The predicted molar refractivity (Wildman–Crippen MR) is 183 cm³/mol. The van der Waals surface area contributed by atoms with Crippen molar-refractivity contribution in [3.63, 3.8) is 0 Å². The molecule has 0 radical (unpaired) electrons. The normalized spacial score (nSPS) is 13.6. The lowest BCUT2D eigenvalue weighted by atomic mass is 10.0. The van der Waals surface area contributed by atoms with Gasteiger partial charge in [-0.05, 0) is 60.7 Å². The Balaban J connectivity index is 1.56. The number of rotatable bonds is 14. The molecule has 4 heterocycles. The second kappa shape index (κ2) is 14.0. The molecule has 0 N–H and O–H groups in total. The molecule has 2 atom stereocenters. The van der Waals surface area contributed by atoms with Crippen LogP contribution in [0.4, 0.5) is 8.78 Å². The van der Waals surface area contributed by atoms with Crippen molar-refractivity contribution in [1.29, 1.82) is 0 Å². The van der Waals surface area contributed by atoms with Crippen LogP contribution >= 0.6 is 68.9 Å². The summed E-state index contributed by atoms with van der Waals surface area (Å²) in [4.78, 5) is 1.98. The molecule has 0 spiro atoms. The summed E-state index contributed by atoms with van der Waals surface area (Å²) in [5.74, 6) is -0.208. The zero-order valence-corrected chi connectivity index (χ0v) is 28.4. The van der Waals surface area contributed by atoms with E-state index in [1.807, 2.05) is 0 Å². The van der Waals surface area contributed by atoms with Crippen LogP contribution in [0.15, 0.2) is 43.4 Å². The first-order valence-electron chi connectivity index (χ1n) is 14.3. The lowest BCUT2D eigenvalue weighted by molar-refractivity contribution is 0.610. The van der Waals surface area contributed by atoms with Gasteiger partial charge in [0.25, 0.3) is 0 Å². The van der Waals surface area contributed by atoms with Crippen LogP contribution in [0.5, 0.6) is 0 Å². The van der Waals surface area contributed by atoms with E-state index in [0.717, 1.165) is 75.2 Å². The van der Waals surface area contributed by atoms with Crippen LogP contribution in [-0.4, -0.2) is 10.5 Å². The Labute approximate surface area is 261 Å². The maximum atomic E-state index is 15.3. The van der Waals surface area contributed by atoms with Crippen LogP contribution in [0.25, 0.3) is 41.1 Å². The molecule has 2 unspecified atom stereocenters. The van der Waals surface area contributed by atoms with Crippen molar-refractivity contribution in [2.75, 3.05) is 0 Å². The molecule has 0 aliphatic rings. The van der Waals surface area contributed by atoms with E-state index in [1.165, 1.54) is 25.7 Å². The third kappa shape index (κ3) is 6.37. The van der Waals surface area contributed by atoms with Crippen LogP contribution < -0.4 is 0 Å². The van der Waals surface area contributed by atoms with Crippen molar-refractivity contribution >= 4 is 89.0 Å². The topological polar surface area (TPSA) is 0 Å². The second-order valence-electron chi connectivity index (χ2n) is 10.1. The summed E-state index contributed by atoms with van der Waals surface area (Å²) in [5, 5.41) is 7.42. The lowest BCUT2D eigenvalue weighted by Crippen LogP contribution is -1.99. The molecule has 214 valence electrons. The van der Waals surface area contributed by atoms with E-state index in [9.17, 15) is 0 Å². The van der Waals surface area contributed by atoms with Gasteiger partial charge in [-0.15, -0.1) is 68.9 Å². The lowest BCUT2D eigenvalue weighted by Gasteiger charge is -2.13. The van der Waals surface area contributed by atoms with E-state index >= 15 is 8.78 Å². The van der Waals surface area contributed by atoms with Crippen LogP contribution in [0.2, 0.25) is 0 Å². The van der Waals surface area contributed by atoms with E-state index in [4.69, 9.17) is 0 Å². The molecule has 0 nitrogen and oxygen atoms in total. The molecule has 5 aromatic rings. The Bertz CT molecular complexity index is 1390. The Morgan fingerprint density at radius 2 is 1.10 bits per heavy atom. The minimum Gasteiger partial charge on any atom is -0.205 e. The maximum Gasteiger partial charge on any atom is 0.148 e. The number of thiophene rings is 4. The summed E-state index contributed by atoms with van der Waals surface area (Å²) in [6.45, 7) is 8.83. The summed E-state index contributed by atoms with van der Waals surface area (Å²) in [6, 6.07) is 7.81. The highest BCUT2D eigenvalue weighted by Gasteiger charge is 2.24. The standard InChI is InChI=1S/C32H36F2S6/c1-5-9-11-19(7-3)37-31-23(33)17-25(39-31)27-21-13-15-36-30(21)28(22-14-16-35-29(22)27)26-18-24(34)32(40-26)38-20(8-4)12-10-6-2/h13-20H,5-12H2,1-4H3. The predicted octanol–water partition coefficient (Wildman–Crippen LogP) is 14.0. The third-order valence-corrected chi connectivity index (χ3v) is 14.8. The zero-order chi connectivity index (χ0) is 28.2. The van der Waals surface area contributed by atoms with Gasteiger partial charge in [0.05, 0.1) is 8.42 Å². The van der Waals surface area contributed by atoms with Crippen molar-refractivity contribution in [2.45, 2.75) is 98.0 Å².